The van der Waals surface area contributed by atoms with Gasteiger partial charge in [-0.3, -0.25) is 9.89 Å². The van der Waals surface area contributed by atoms with E-state index >= 15 is 0 Å². The Labute approximate surface area is 122 Å². The highest BCUT2D eigenvalue weighted by molar-refractivity contribution is 6.06. The Morgan fingerprint density at radius 1 is 1.24 bits per heavy atom. The Morgan fingerprint density at radius 2 is 2.10 bits per heavy atom. The fourth-order valence-electron chi connectivity index (χ4n) is 2.26. The summed E-state index contributed by atoms with van der Waals surface area (Å²) in [5.74, 6) is -0.130. The smallest absolute Gasteiger partial charge is 0.255 e. The predicted molar refractivity (Wildman–Crippen MR) is 83.3 cm³/mol. The van der Waals surface area contributed by atoms with Crippen molar-refractivity contribution >= 4 is 22.5 Å². The third-order valence-corrected chi connectivity index (χ3v) is 3.34. The Morgan fingerprint density at radius 3 is 2.95 bits per heavy atom. The van der Waals surface area contributed by atoms with Gasteiger partial charge in [-0.2, -0.15) is 5.10 Å². The quantitative estimate of drug-likeness (QED) is 0.688. The number of nitrogens with one attached hydrogen (secondary N) is 3. The summed E-state index contributed by atoms with van der Waals surface area (Å²) in [7, 11) is 1.88. The Balaban J connectivity index is 1.85. The third kappa shape index (κ3) is 2.78. The molecule has 0 saturated carbocycles. The van der Waals surface area contributed by atoms with Crippen LogP contribution in [0, 0.1) is 0 Å². The highest BCUT2D eigenvalue weighted by atomic mass is 16.1. The number of aromatic nitrogens is 2. The maximum Gasteiger partial charge on any atom is 0.255 e. The van der Waals surface area contributed by atoms with E-state index in [1.54, 1.807) is 18.3 Å². The predicted octanol–water partition coefficient (Wildman–Crippen LogP) is 2.53. The molecule has 3 aromatic rings. The molecule has 21 heavy (non-hydrogen) atoms. The first-order valence-corrected chi connectivity index (χ1v) is 6.75. The minimum atomic E-state index is -0.130. The summed E-state index contributed by atoms with van der Waals surface area (Å²) < 4.78 is 0. The molecule has 0 aliphatic heterocycles. The second-order valence-corrected chi connectivity index (χ2v) is 4.81. The zero-order valence-electron chi connectivity index (χ0n) is 11.7. The first-order valence-electron chi connectivity index (χ1n) is 6.75. The molecule has 106 valence electrons. The fourth-order valence-corrected chi connectivity index (χ4v) is 2.26. The van der Waals surface area contributed by atoms with Crippen LogP contribution in [0.3, 0.4) is 0 Å². The van der Waals surface area contributed by atoms with Crippen LogP contribution in [-0.2, 0) is 6.54 Å². The lowest BCUT2D eigenvalue weighted by atomic mass is 10.1. The number of H-pyrrole nitrogens is 1. The lowest BCUT2D eigenvalue weighted by molar-refractivity contribution is 0.102. The van der Waals surface area contributed by atoms with Crippen molar-refractivity contribution < 1.29 is 4.79 Å². The molecule has 5 heteroatoms. The summed E-state index contributed by atoms with van der Waals surface area (Å²) in [5, 5.41) is 13.9. The van der Waals surface area contributed by atoms with E-state index in [-0.39, 0.29) is 5.91 Å². The van der Waals surface area contributed by atoms with Gasteiger partial charge in [0.1, 0.15) is 0 Å². The number of carbonyl (C=O) groups excluding carboxylic acids is 1. The molecule has 1 aromatic heterocycles. The lowest BCUT2D eigenvalue weighted by Crippen LogP contribution is -2.15. The number of para-hydroxylation sites is 1. The molecule has 0 bridgehead atoms. The van der Waals surface area contributed by atoms with Gasteiger partial charge in [-0.1, -0.05) is 24.3 Å². The number of amides is 1. The minimum Gasteiger partial charge on any atom is -0.322 e. The van der Waals surface area contributed by atoms with Crippen LogP contribution in [0.5, 0.6) is 0 Å². The van der Waals surface area contributed by atoms with Gasteiger partial charge in [0.25, 0.3) is 5.91 Å². The lowest BCUT2D eigenvalue weighted by Gasteiger charge is -2.10. The molecule has 5 nitrogen and oxygen atoms in total. The number of carbonyl (C=O) groups is 1. The summed E-state index contributed by atoms with van der Waals surface area (Å²) in [5.41, 5.74) is 3.33. The summed E-state index contributed by atoms with van der Waals surface area (Å²) >= 11 is 0. The van der Waals surface area contributed by atoms with Crippen LogP contribution < -0.4 is 10.6 Å². The first-order chi connectivity index (χ1) is 10.3. The van der Waals surface area contributed by atoms with Crippen LogP contribution >= 0.6 is 0 Å². The van der Waals surface area contributed by atoms with E-state index in [4.69, 9.17) is 0 Å². The standard InChI is InChI=1S/C16H16N4O/c1-17-9-12-4-2-3-5-14(12)19-16(21)11-6-7-13-10-18-20-15(13)8-11/h2-8,10,17H,9H2,1H3,(H,18,20)(H,19,21). The van der Waals surface area contributed by atoms with Gasteiger partial charge in [0, 0.05) is 23.2 Å². The van der Waals surface area contributed by atoms with Gasteiger partial charge in [-0.05, 0) is 30.8 Å². The molecule has 1 amide bonds. The van der Waals surface area contributed by atoms with Gasteiger partial charge in [-0.25, -0.2) is 0 Å². The van der Waals surface area contributed by atoms with E-state index in [1.165, 1.54) is 0 Å². The van der Waals surface area contributed by atoms with E-state index in [2.05, 4.69) is 20.8 Å². The normalized spacial score (nSPS) is 10.7. The molecule has 2 aromatic carbocycles. The van der Waals surface area contributed by atoms with Crippen LogP contribution in [0.15, 0.2) is 48.7 Å². The number of aromatic amines is 1. The van der Waals surface area contributed by atoms with E-state index in [9.17, 15) is 4.79 Å². The van der Waals surface area contributed by atoms with Crippen molar-refractivity contribution in [3.63, 3.8) is 0 Å². The number of hydrogen-bond acceptors (Lipinski definition) is 3. The molecule has 0 unspecified atom stereocenters. The van der Waals surface area contributed by atoms with Gasteiger partial charge >= 0.3 is 0 Å². The highest BCUT2D eigenvalue weighted by Gasteiger charge is 2.09. The van der Waals surface area contributed by atoms with Crippen molar-refractivity contribution in [2.45, 2.75) is 6.54 Å². The molecule has 0 saturated heterocycles. The van der Waals surface area contributed by atoms with E-state index in [1.807, 2.05) is 37.4 Å². The number of nitrogens with zero attached hydrogens (tertiary/aromatic N) is 1. The van der Waals surface area contributed by atoms with Crippen molar-refractivity contribution in [2.75, 3.05) is 12.4 Å². The molecular formula is C16H16N4O. The fraction of sp³-hybridized carbons (Fsp3) is 0.125. The number of rotatable bonds is 4. The van der Waals surface area contributed by atoms with E-state index in [0.717, 1.165) is 22.2 Å². The molecule has 3 rings (SSSR count). The highest BCUT2D eigenvalue weighted by Crippen LogP contribution is 2.18. The molecular weight excluding hydrogens is 264 g/mol. The van der Waals surface area contributed by atoms with Crippen LogP contribution in [-0.4, -0.2) is 23.2 Å². The number of benzene rings is 2. The SMILES string of the molecule is CNCc1ccccc1NC(=O)c1ccc2cn[nH]c2c1. The second kappa shape index (κ2) is 5.76. The van der Waals surface area contributed by atoms with E-state index < -0.39 is 0 Å². The van der Waals surface area contributed by atoms with Crippen LogP contribution in [0.1, 0.15) is 15.9 Å². The molecule has 0 aliphatic carbocycles. The van der Waals surface area contributed by atoms with E-state index in [0.29, 0.717) is 12.1 Å². The summed E-state index contributed by atoms with van der Waals surface area (Å²) in [6, 6.07) is 13.2. The molecule has 0 radical (unpaired) electrons. The van der Waals surface area contributed by atoms with Gasteiger partial charge in [-0.15, -0.1) is 0 Å². The molecule has 0 fully saturated rings. The van der Waals surface area contributed by atoms with Gasteiger partial charge in [0.05, 0.1) is 11.7 Å². The van der Waals surface area contributed by atoms with Gasteiger partial charge < -0.3 is 10.6 Å². The zero-order chi connectivity index (χ0) is 14.7. The van der Waals surface area contributed by atoms with Gasteiger partial charge in [0.15, 0.2) is 0 Å². The largest absolute Gasteiger partial charge is 0.322 e. The van der Waals surface area contributed by atoms with Crippen molar-refractivity contribution in [3.05, 3.63) is 59.8 Å². The molecule has 0 atom stereocenters. The molecule has 3 N–H and O–H groups in total. The van der Waals surface area contributed by atoms with Crippen LogP contribution in [0.2, 0.25) is 0 Å². The number of anilines is 1. The number of hydrogen-bond donors (Lipinski definition) is 3. The maximum absolute atomic E-state index is 12.4. The molecule has 0 spiro atoms. The second-order valence-electron chi connectivity index (χ2n) is 4.81. The van der Waals surface area contributed by atoms with Crippen molar-refractivity contribution in [3.8, 4) is 0 Å². The van der Waals surface area contributed by atoms with Crippen molar-refractivity contribution in [1.82, 2.24) is 15.5 Å². The Hall–Kier alpha value is -2.66. The first kappa shape index (κ1) is 13.3. The maximum atomic E-state index is 12.4. The Kier molecular flexibility index (Phi) is 3.66. The topological polar surface area (TPSA) is 69.8 Å². The average molecular weight is 280 g/mol. The third-order valence-electron chi connectivity index (χ3n) is 3.34. The zero-order valence-corrected chi connectivity index (χ0v) is 11.7. The summed E-state index contributed by atoms with van der Waals surface area (Å²) in [4.78, 5) is 12.4. The molecule has 0 aliphatic rings. The Bertz CT molecular complexity index is 779. The minimum absolute atomic E-state index is 0.130. The van der Waals surface area contributed by atoms with Crippen LogP contribution in [0.25, 0.3) is 10.9 Å². The van der Waals surface area contributed by atoms with Crippen LogP contribution in [0.4, 0.5) is 5.69 Å². The average Bonchev–Trinajstić information content (AvgIpc) is 2.97. The van der Waals surface area contributed by atoms with Gasteiger partial charge in [0.2, 0.25) is 0 Å². The van der Waals surface area contributed by atoms with Crippen molar-refractivity contribution in [1.29, 1.82) is 0 Å². The molecule has 1 heterocycles. The number of fused-ring (bicyclic) bond motifs is 1. The summed E-state index contributed by atoms with van der Waals surface area (Å²) in [6.07, 6.45) is 1.74. The summed E-state index contributed by atoms with van der Waals surface area (Å²) in [6.45, 7) is 0.704. The van der Waals surface area contributed by atoms with Crippen molar-refractivity contribution in [2.24, 2.45) is 0 Å². The monoisotopic (exact) mass is 280 g/mol.